The second-order valence-corrected chi connectivity index (χ2v) is 6.23. The minimum absolute atomic E-state index is 0.380. The van der Waals surface area contributed by atoms with Crippen LogP contribution in [-0.2, 0) is 0 Å². The van der Waals surface area contributed by atoms with E-state index in [-0.39, 0.29) is 0 Å². The molecule has 2 heteroatoms. The van der Waals surface area contributed by atoms with Crippen molar-refractivity contribution in [1.29, 1.82) is 0 Å². The average molecular weight is 212 g/mol. The Hall–Kier alpha value is -0.0800. The molecule has 1 aliphatic heterocycles. The van der Waals surface area contributed by atoms with Crippen molar-refractivity contribution in [1.82, 2.24) is 10.2 Å². The molecule has 0 bridgehead atoms. The number of nitrogens with one attached hydrogen (secondary N) is 1. The molecular formula is C13H28N2. The zero-order valence-corrected chi connectivity index (χ0v) is 11.3. The van der Waals surface area contributed by atoms with Crippen LogP contribution in [0.4, 0.5) is 0 Å². The van der Waals surface area contributed by atoms with Crippen LogP contribution in [0.3, 0.4) is 0 Å². The highest BCUT2D eigenvalue weighted by Crippen LogP contribution is 2.27. The van der Waals surface area contributed by atoms with Crippen LogP contribution >= 0.6 is 0 Å². The number of piperazine rings is 1. The van der Waals surface area contributed by atoms with E-state index in [0.29, 0.717) is 17.5 Å². The second kappa shape index (κ2) is 4.84. The van der Waals surface area contributed by atoms with Crippen LogP contribution < -0.4 is 5.32 Å². The third-order valence-corrected chi connectivity index (χ3v) is 3.66. The first kappa shape index (κ1) is 13.0. The summed E-state index contributed by atoms with van der Waals surface area (Å²) in [5, 5.41) is 3.70. The van der Waals surface area contributed by atoms with Gasteiger partial charge in [-0.3, -0.25) is 4.90 Å². The third kappa shape index (κ3) is 3.18. The van der Waals surface area contributed by atoms with Crippen molar-refractivity contribution in [3.05, 3.63) is 0 Å². The van der Waals surface area contributed by atoms with Gasteiger partial charge in [-0.05, 0) is 17.9 Å². The monoisotopic (exact) mass is 212 g/mol. The summed E-state index contributed by atoms with van der Waals surface area (Å²) in [4.78, 5) is 2.64. The molecule has 0 spiro atoms. The SMILES string of the molecule is CCN1CC(C(C)C)NCC1C(C)(C)C. The number of likely N-dealkylation sites (N-methyl/N-ethyl adjacent to an activating group) is 1. The van der Waals surface area contributed by atoms with Gasteiger partial charge in [0, 0.05) is 25.2 Å². The van der Waals surface area contributed by atoms with Crippen molar-refractivity contribution in [2.45, 2.75) is 53.6 Å². The summed E-state index contributed by atoms with van der Waals surface area (Å²) >= 11 is 0. The van der Waals surface area contributed by atoms with Crippen LogP contribution in [0, 0.1) is 11.3 Å². The summed E-state index contributed by atoms with van der Waals surface area (Å²) in [6, 6.07) is 1.35. The molecule has 0 aromatic carbocycles. The van der Waals surface area contributed by atoms with Gasteiger partial charge in [0.1, 0.15) is 0 Å². The predicted octanol–water partition coefficient (Wildman–Crippen LogP) is 2.35. The summed E-state index contributed by atoms with van der Waals surface area (Å²) in [5.41, 5.74) is 0.380. The molecular weight excluding hydrogens is 184 g/mol. The Balaban J connectivity index is 2.65. The molecule has 1 fully saturated rings. The molecule has 0 amide bonds. The zero-order chi connectivity index (χ0) is 11.6. The second-order valence-electron chi connectivity index (χ2n) is 6.23. The summed E-state index contributed by atoms with van der Waals surface area (Å²) in [7, 11) is 0. The van der Waals surface area contributed by atoms with Gasteiger partial charge in [0.15, 0.2) is 0 Å². The number of nitrogens with zero attached hydrogens (tertiary/aromatic N) is 1. The van der Waals surface area contributed by atoms with Crippen molar-refractivity contribution in [3.63, 3.8) is 0 Å². The molecule has 0 radical (unpaired) electrons. The van der Waals surface area contributed by atoms with Crippen LogP contribution in [0.5, 0.6) is 0 Å². The molecule has 15 heavy (non-hydrogen) atoms. The highest BCUT2D eigenvalue weighted by Gasteiger charge is 2.35. The van der Waals surface area contributed by atoms with Gasteiger partial charge < -0.3 is 5.32 Å². The third-order valence-electron chi connectivity index (χ3n) is 3.66. The van der Waals surface area contributed by atoms with E-state index in [1.807, 2.05) is 0 Å². The molecule has 1 saturated heterocycles. The van der Waals surface area contributed by atoms with Crippen LogP contribution in [0.15, 0.2) is 0 Å². The van der Waals surface area contributed by atoms with Gasteiger partial charge in [-0.15, -0.1) is 0 Å². The van der Waals surface area contributed by atoms with E-state index in [1.54, 1.807) is 0 Å². The molecule has 0 aromatic rings. The van der Waals surface area contributed by atoms with E-state index < -0.39 is 0 Å². The van der Waals surface area contributed by atoms with Crippen molar-refractivity contribution < 1.29 is 0 Å². The Kier molecular flexibility index (Phi) is 4.19. The highest BCUT2D eigenvalue weighted by molar-refractivity contribution is 4.92. The average Bonchev–Trinajstić information content (AvgIpc) is 2.15. The molecule has 0 aromatic heterocycles. The van der Waals surface area contributed by atoms with Crippen LogP contribution in [-0.4, -0.2) is 36.6 Å². The van der Waals surface area contributed by atoms with E-state index in [0.717, 1.165) is 12.5 Å². The maximum absolute atomic E-state index is 3.70. The molecule has 0 aliphatic carbocycles. The predicted molar refractivity (Wildman–Crippen MR) is 67.1 cm³/mol. The number of rotatable bonds is 2. The smallest absolute Gasteiger partial charge is 0.0269 e. The van der Waals surface area contributed by atoms with Crippen molar-refractivity contribution >= 4 is 0 Å². The molecule has 1 heterocycles. The highest BCUT2D eigenvalue weighted by atomic mass is 15.2. The van der Waals surface area contributed by atoms with Gasteiger partial charge in [-0.25, -0.2) is 0 Å². The molecule has 2 nitrogen and oxygen atoms in total. The lowest BCUT2D eigenvalue weighted by Gasteiger charge is -2.47. The minimum atomic E-state index is 0.380. The van der Waals surface area contributed by atoms with Gasteiger partial charge in [0.05, 0.1) is 0 Å². The largest absolute Gasteiger partial charge is 0.311 e. The standard InChI is InChI=1S/C13H28N2/c1-7-15-9-11(10(2)3)14-8-12(15)13(4,5)6/h10-12,14H,7-9H2,1-6H3. The van der Waals surface area contributed by atoms with Gasteiger partial charge in [0.2, 0.25) is 0 Å². The normalized spacial score (nSPS) is 29.8. The van der Waals surface area contributed by atoms with Gasteiger partial charge >= 0.3 is 0 Å². The molecule has 2 unspecified atom stereocenters. The number of hydrogen-bond acceptors (Lipinski definition) is 2. The number of hydrogen-bond donors (Lipinski definition) is 1. The molecule has 1 N–H and O–H groups in total. The lowest BCUT2D eigenvalue weighted by Crippen LogP contribution is -2.61. The Bertz CT molecular complexity index is 193. The van der Waals surface area contributed by atoms with E-state index >= 15 is 0 Å². The quantitative estimate of drug-likeness (QED) is 0.756. The molecule has 1 aliphatic rings. The first-order valence-electron chi connectivity index (χ1n) is 6.33. The van der Waals surface area contributed by atoms with Gasteiger partial charge in [0.25, 0.3) is 0 Å². The van der Waals surface area contributed by atoms with Crippen LogP contribution in [0.2, 0.25) is 0 Å². The first-order valence-corrected chi connectivity index (χ1v) is 6.33. The van der Waals surface area contributed by atoms with Crippen molar-refractivity contribution in [2.75, 3.05) is 19.6 Å². The van der Waals surface area contributed by atoms with Crippen molar-refractivity contribution in [2.24, 2.45) is 11.3 Å². The maximum atomic E-state index is 3.70. The maximum Gasteiger partial charge on any atom is 0.0269 e. The van der Waals surface area contributed by atoms with Crippen LogP contribution in [0.1, 0.15) is 41.5 Å². The van der Waals surface area contributed by atoms with E-state index in [2.05, 4.69) is 51.8 Å². The summed E-state index contributed by atoms with van der Waals surface area (Å²) in [5.74, 6) is 0.736. The van der Waals surface area contributed by atoms with E-state index in [9.17, 15) is 0 Å². The Morgan fingerprint density at radius 3 is 2.33 bits per heavy atom. The summed E-state index contributed by atoms with van der Waals surface area (Å²) in [6.07, 6.45) is 0. The summed E-state index contributed by atoms with van der Waals surface area (Å²) in [6.45, 7) is 17.4. The molecule has 1 rings (SSSR count). The molecule has 90 valence electrons. The zero-order valence-electron chi connectivity index (χ0n) is 11.3. The minimum Gasteiger partial charge on any atom is -0.311 e. The lowest BCUT2D eigenvalue weighted by atomic mass is 9.83. The molecule has 2 atom stereocenters. The fourth-order valence-corrected chi connectivity index (χ4v) is 2.49. The topological polar surface area (TPSA) is 15.3 Å². The Labute approximate surface area is 95.4 Å². The lowest BCUT2D eigenvalue weighted by molar-refractivity contribution is 0.0507. The first-order chi connectivity index (χ1) is 6.86. The fraction of sp³-hybridized carbons (Fsp3) is 1.00. The summed E-state index contributed by atoms with van der Waals surface area (Å²) < 4.78 is 0. The van der Waals surface area contributed by atoms with Gasteiger partial charge in [-0.2, -0.15) is 0 Å². The van der Waals surface area contributed by atoms with E-state index in [1.165, 1.54) is 13.1 Å². The van der Waals surface area contributed by atoms with Crippen LogP contribution in [0.25, 0.3) is 0 Å². The Morgan fingerprint density at radius 1 is 1.33 bits per heavy atom. The van der Waals surface area contributed by atoms with E-state index in [4.69, 9.17) is 0 Å². The van der Waals surface area contributed by atoms with Gasteiger partial charge in [-0.1, -0.05) is 41.5 Å². The molecule has 0 saturated carbocycles. The van der Waals surface area contributed by atoms with Crippen molar-refractivity contribution in [3.8, 4) is 0 Å². The fourth-order valence-electron chi connectivity index (χ4n) is 2.49. The Morgan fingerprint density at radius 2 is 1.93 bits per heavy atom.